The second-order valence-corrected chi connectivity index (χ2v) is 7.52. The molecule has 0 bridgehead atoms. The lowest BCUT2D eigenvalue weighted by Gasteiger charge is -2.13. The molecule has 1 N–H and O–H groups in total. The van der Waals surface area contributed by atoms with Crippen molar-refractivity contribution in [2.45, 2.75) is 20.4 Å². The Morgan fingerprint density at radius 3 is 2.48 bits per heavy atom. The first-order valence-electron chi connectivity index (χ1n) is 9.74. The highest BCUT2D eigenvalue weighted by molar-refractivity contribution is 6.17. The van der Waals surface area contributed by atoms with Crippen molar-refractivity contribution in [1.29, 1.82) is 0 Å². The Labute approximate surface area is 168 Å². The first-order valence-corrected chi connectivity index (χ1v) is 9.74. The van der Waals surface area contributed by atoms with E-state index < -0.39 is 0 Å². The van der Waals surface area contributed by atoms with Gasteiger partial charge in [0, 0.05) is 29.0 Å². The first-order chi connectivity index (χ1) is 14.1. The number of hydrogen-bond acceptors (Lipinski definition) is 2. The molecule has 0 saturated carbocycles. The van der Waals surface area contributed by atoms with E-state index in [2.05, 4.69) is 52.9 Å². The average Bonchev–Trinajstić information content (AvgIpc) is 3.06. The maximum Gasteiger partial charge on any atom is 0.256 e. The van der Waals surface area contributed by atoms with E-state index in [-0.39, 0.29) is 5.56 Å². The molecule has 5 aromatic rings. The highest BCUT2D eigenvalue weighted by Gasteiger charge is 2.20. The molecule has 4 heteroatoms. The lowest BCUT2D eigenvalue weighted by Crippen LogP contribution is -2.08. The molecule has 0 radical (unpaired) electrons. The number of rotatable bonds is 3. The summed E-state index contributed by atoms with van der Waals surface area (Å²) in [5.41, 5.74) is 5.64. The van der Waals surface area contributed by atoms with Crippen LogP contribution in [0.4, 0.5) is 0 Å². The Bertz CT molecular complexity index is 1440. The van der Waals surface area contributed by atoms with E-state index in [0.717, 1.165) is 50.5 Å². The number of hydrogen-bond donors (Lipinski definition) is 1. The van der Waals surface area contributed by atoms with Crippen molar-refractivity contribution in [1.82, 2.24) is 9.55 Å². The van der Waals surface area contributed by atoms with Crippen LogP contribution < -0.4 is 10.3 Å². The standard InChI is InChI=1S/C25H22N2O2/c1-15-19-11-12-26-25(28)23(19)16(2)22-20-13-18(29-3)9-10-21(20)27(24(15)22)14-17-7-5-4-6-8-17/h4-13H,14H2,1-3H3,(H,26,28). The van der Waals surface area contributed by atoms with Crippen molar-refractivity contribution in [2.24, 2.45) is 0 Å². The Morgan fingerprint density at radius 1 is 0.931 bits per heavy atom. The molecule has 5 rings (SSSR count). The Kier molecular flexibility index (Phi) is 3.95. The maximum atomic E-state index is 12.7. The Hall–Kier alpha value is -3.53. The monoisotopic (exact) mass is 382 g/mol. The molecule has 0 saturated heterocycles. The molecular weight excluding hydrogens is 360 g/mol. The van der Waals surface area contributed by atoms with E-state index in [0.29, 0.717) is 0 Å². The average molecular weight is 382 g/mol. The number of aromatic amines is 1. The van der Waals surface area contributed by atoms with Crippen molar-refractivity contribution in [3.63, 3.8) is 0 Å². The van der Waals surface area contributed by atoms with Crippen molar-refractivity contribution in [3.8, 4) is 5.75 Å². The summed E-state index contributed by atoms with van der Waals surface area (Å²) in [6, 6.07) is 18.7. The molecule has 4 nitrogen and oxygen atoms in total. The molecule has 0 amide bonds. The lowest BCUT2D eigenvalue weighted by molar-refractivity contribution is 0.415. The van der Waals surface area contributed by atoms with Gasteiger partial charge in [-0.1, -0.05) is 30.3 Å². The fourth-order valence-electron chi connectivity index (χ4n) is 4.58. The predicted molar refractivity (Wildman–Crippen MR) is 119 cm³/mol. The second-order valence-electron chi connectivity index (χ2n) is 7.52. The van der Waals surface area contributed by atoms with Crippen LogP contribution in [0.15, 0.2) is 65.6 Å². The summed E-state index contributed by atoms with van der Waals surface area (Å²) in [4.78, 5) is 15.5. The molecule has 29 heavy (non-hydrogen) atoms. The molecule has 2 aromatic heterocycles. The summed E-state index contributed by atoms with van der Waals surface area (Å²) in [7, 11) is 1.68. The van der Waals surface area contributed by atoms with Crippen molar-refractivity contribution in [3.05, 3.63) is 87.8 Å². The first kappa shape index (κ1) is 17.6. The maximum absolute atomic E-state index is 12.7. The highest BCUT2D eigenvalue weighted by Crippen LogP contribution is 2.39. The van der Waals surface area contributed by atoms with Crippen LogP contribution in [0.5, 0.6) is 5.75 Å². The van der Waals surface area contributed by atoms with E-state index in [1.807, 2.05) is 25.1 Å². The largest absolute Gasteiger partial charge is 0.497 e. The van der Waals surface area contributed by atoms with Crippen LogP contribution in [-0.2, 0) is 6.54 Å². The number of aromatic nitrogens is 2. The molecule has 0 unspecified atom stereocenters. The molecule has 0 aliphatic rings. The van der Waals surface area contributed by atoms with Gasteiger partial charge in [0.2, 0.25) is 0 Å². The summed E-state index contributed by atoms with van der Waals surface area (Å²) >= 11 is 0. The fraction of sp³-hybridized carbons (Fsp3) is 0.160. The van der Waals surface area contributed by atoms with E-state index in [1.54, 1.807) is 13.3 Å². The molecule has 2 heterocycles. The minimum atomic E-state index is -0.0446. The van der Waals surface area contributed by atoms with Crippen molar-refractivity contribution >= 4 is 32.6 Å². The normalized spacial score (nSPS) is 11.6. The molecule has 0 atom stereocenters. The SMILES string of the molecule is COc1ccc2c(c1)c1c(C)c3c(=O)[nH]ccc3c(C)c1n2Cc1ccccc1. The lowest BCUT2D eigenvalue weighted by atomic mass is 9.97. The van der Waals surface area contributed by atoms with Gasteiger partial charge in [0.15, 0.2) is 0 Å². The number of fused-ring (bicyclic) bond motifs is 4. The number of benzene rings is 3. The third-order valence-electron chi connectivity index (χ3n) is 5.92. The van der Waals surface area contributed by atoms with Crippen LogP contribution in [-0.4, -0.2) is 16.7 Å². The Morgan fingerprint density at radius 2 is 1.72 bits per heavy atom. The topological polar surface area (TPSA) is 47.0 Å². The minimum absolute atomic E-state index is 0.0446. The molecule has 0 aliphatic heterocycles. The van der Waals surface area contributed by atoms with Crippen LogP contribution in [0.1, 0.15) is 16.7 Å². The minimum Gasteiger partial charge on any atom is -0.497 e. The number of aryl methyl sites for hydroxylation is 2. The zero-order valence-corrected chi connectivity index (χ0v) is 16.7. The number of nitrogens with zero attached hydrogens (tertiary/aromatic N) is 1. The highest BCUT2D eigenvalue weighted by atomic mass is 16.5. The molecule has 144 valence electrons. The van der Waals surface area contributed by atoms with Gasteiger partial charge in [-0.15, -0.1) is 0 Å². The zero-order chi connectivity index (χ0) is 20.1. The van der Waals surface area contributed by atoms with Gasteiger partial charge in [0.1, 0.15) is 5.75 Å². The molecule has 3 aromatic carbocycles. The quantitative estimate of drug-likeness (QED) is 0.460. The van der Waals surface area contributed by atoms with Crippen LogP contribution in [0.2, 0.25) is 0 Å². The second kappa shape index (κ2) is 6.52. The van der Waals surface area contributed by atoms with Gasteiger partial charge in [0.05, 0.1) is 18.0 Å². The van der Waals surface area contributed by atoms with Gasteiger partial charge in [-0.2, -0.15) is 0 Å². The number of H-pyrrole nitrogens is 1. The van der Waals surface area contributed by atoms with E-state index in [1.165, 1.54) is 11.1 Å². The van der Waals surface area contributed by atoms with Crippen LogP contribution in [0.3, 0.4) is 0 Å². The third-order valence-corrected chi connectivity index (χ3v) is 5.92. The molecule has 0 spiro atoms. The van der Waals surface area contributed by atoms with Gasteiger partial charge in [-0.05, 0) is 60.2 Å². The summed E-state index contributed by atoms with van der Waals surface area (Å²) < 4.78 is 7.87. The number of pyridine rings is 1. The van der Waals surface area contributed by atoms with Gasteiger partial charge in [0.25, 0.3) is 5.56 Å². The fourth-order valence-corrected chi connectivity index (χ4v) is 4.58. The Balaban J connectivity index is 1.99. The van der Waals surface area contributed by atoms with E-state index in [9.17, 15) is 4.79 Å². The van der Waals surface area contributed by atoms with Gasteiger partial charge >= 0.3 is 0 Å². The summed E-state index contributed by atoms with van der Waals surface area (Å²) in [5, 5.41) is 4.00. The van der Waals surface area contributed by atoms with Gasteiger partial charge in [-0.25, -0.2) is 0 Å². The molecule has 0 fully saturated rings. The van der Waals surface area contributed by atoms with E-state index >= 15 is 0 Å². The molecule has 0 aliphatic carbocycles. The smallest absolute Gasteiger partial charge is 0.256 e. The van der Waals surface area contributed by atoms with E-state index in [4.69, 9.17) is 4.74 Å². The predicted octanol–water partition coefficient (Wildman–Crippen LogP) is 5.31. The van der Waals surface area contributed by atoms with Crippen molar-refractivity contribution in [2.75, 3.05) is 7.11 Å². The van der Waals surface area contributed by atoms with Crippen LogP contribution in [0.25, 0.3) is 32.6 Å². The summed E-state index contributed by atoms with van der Waals surface area (Å²) in [5.74, 6) is 0.815. The summed E-state index contributed by atoms with van der Waals surface area (Å²) in [6.07, 6.45) is 1.73. The number of methoxy groups -OCH3 is 1. The number of nitrogens with one attached hydrogen (secondary N) is 1. The van der Waals surface area contributed by atoms with Crippen LogP contribution >= 0.6 is 0 Å². The van der Waals surface area contributed by atoms with Crippen LogP contribution in [0, 0.1) is 13.8 Å². The van der Waals surface area contributed by atoms with Crippen molar-refractivity contribution < 1.29 is 4.74 Å². The summed E-state index contributed by atoms with van der Waals surface area (Å²) in [6.45, 7) is 4.93. The van der Waals surface area contributed by atoms with Gasteiger partial charge in [-0.3, -0.25) is 4.79 Å². The zero-order valence-electron chi connectivity index (χ0n) is 16.7. The third kappa shape index (κ3) is 2.56. The number of ether oxygens (including phenoxy) is 1. The molecular formula is C25H22N2O2. The van der Waals surface area contributed by atoms with Gasteiger partial charge < -0.3 is 14.3 Å².